The molecule has 9 heteroatoms. The summed E-state index contributed by atoms with van der Waals surface area (Å²) in [6, 6.07) is 14.2. The number of H-pyrrole nitrogens is 2. The summed E-state index contributed by atoms with van der Waals surface area (Å²) < 4.78 is 13.5. The average Bonchev–Trinajstić information content (AvgIpc) is 3.53. The van der Waals surface area contributed by atoms with Gasteiger partial charge in [0.25, 0.3) is 0 Å². The van der Waals surface area contributed by atoms with E-state index in [2.05, 4.69) is 35.5 Å². The van der Waals surface area contributed by atoms with Crippen LogP contribution in [0.15, 0.2) is 73.3 Å². The molecule has 6 rings (SSSR count). The van der Waals surface area contributed by atoms with Crippen LogP contribution >= 0.6 is 0 Å². The number of carbonyl (C=O) groups is 1. The number of nitrogens with zero attached hydrogens (tertiary/aromatic N) is 4. The van der Waals surface area contributed by atoms with Gasteiger partial charge in [-0.1, -0.05) is 26.0 Å². The molecule has 3 N–H and O–H groups in total. The number of aromatic amines is 2. The minimum atomic E-state index is -0.279. The maximum absolute atomic E-state index is 13.5. The van der Waals surface area contributed by atoms with Gasteiger partial charge in [-0.15, -0.1) is 0 Å². The van der Waals surface area contributed by atoms with Crippen LogP contribution in [0.5, 0.6) is 0 Å². The molecule has 0 aliphatic heterocycles. The molecule has 5 heterocycles. The highest BCUT2D eigenvalue weighted by Gasteiger charge is 2.16. The van der Waals surface area contributed by atoms with E-state index in [1.807, 2.05) is 38.1 Å². The number of rotatable bonds is 5. The first-order chi connectivity index (χ1) is 18.0. The average molecular weight is 492 g/mol. The summed E-state index contributed by atoms with van der Waals surface area (Å²) >= 11 is 0. The fourth-order valence-electron chi connectivity index (χ4n) is 4.26. The van der Waals surface area contributed by atoms with E-state index in [0.29, 0.717) is 22.7 Å². The molecule has 0 aliphatic rings. The van der Waals surface area contributed by atoms with Gasteiger partial charge >= 0.3 is 0 Å². The Hall–Kier alpha value is -4.92. The van der Waals surface area contributed by atoms with E-state index in [9.17, 15) is 9.18 Å². The number of carbonyl (C=O) groups excluding carboxylic acids is 1. The van der Waals surface area contributed by atoms with E-state index in [0.717, 1.165) is 38.7 Å². The zero-order valence-corrected chi connectivity index (χ0v) is 20.1. The molecule has 0 aliphatic carbocycles. The number of amides is 1. The normalized spacial score (nSPS) is 11.5. The summed E-state index contributed by atoms with van der Waals surface area (Å²) in [4.78, 5) is 28.8. The van der Waals surface area contributed by atoms with Crippen LogP contribution in [0.3, 0.4) is 0 Å². The lowest BCUT2D eigenvalue weighted by Gasteiger charge is -2.09. The molecule has 0 saturated carbocycles. The van der Waals surface area contributed by atoms with Gasteiger partial charge in [-0.25, -0.2) is 14.4 Å². The first-order valence-corrected chi connectivity index (χ1v) is 11.8. The zero-order valence-electron chi connectivity index (χ0n) is 20.1. The Morgan fingerprint density at radius 1 is 0.892 bits per heavy atom. The third kappa shape index (κ3) is 4.20. The van der Waals surface area contributed by atoms with Crippen molar-refractivity contribution in [3.63, 3.8) is 0 Å². The number of hydrogen-bond donors (Lipinski definition) is 3. The summed E-state index contributed by atoms with van der Waals surface area (Å²) in [5, 5.41) is 12.1. The second-order valence-corrected chi connectivity index (χ2v) is 9.11. The summed E-state index contributed by atoms with van der Waals surface area (Å²) in [5.41, 5.74) is 6.94. The topological polar surface area (TPSA) is 112 Å². The number of fused-ring (bicyclic) bond motifs is 2. The first kappa shape index (κ1) is 22.5. The Labute approximate surface area is 211 Å². The molecule has 1 aromatic carbocycles. The fraction of sp³-hybridized carbons (Fsp3) is 0.107. The Kier molecular flexibility index (Phi) is 5.45. The number of benzene rings is 1. The van der Waals surface area contributed by atoms with Gasteiger partial charge < -0.3 is 10.3 Å². The van der Waals surface area contributed by atoms with Crippen LogP contribution in [0.2, 0.25) is 0 Å². The van der Waals surface area contributed by atoms with E-state index in [1.54, 1.807) is 36.9 Å². The van der Waals surface area contributed by atoms with Gasteiger partial charge in [0, 0.05) is 46.4 Å². The minimum absolute atomic E-state index is 0.0722. The number of anilines is 1. The van der Waals surface area contributed by atoms with Crippen LogP contribution in [0.1, 0.15) is 13.8 Å². The highest BCUT2D eigenvalue weighted by Crippen LogP contribution is 2.34. The fourth-order valence-corrected chi connectivity index (χ4v) is 4.26. The molecular formula is C28H22FN7O. The van der Waals surface area contributed by atoms with Crippen molar-refractivity contribution in [1.29, 1.82) is 0 Å². The van der Waals surface area contributed by atoms with Crippen molar-refractivity contribution >= 4 is 33.7 Å². The first-order valence-electron chi connectivity index (χ1n) is 11.8. The van der Waals surface area contributed by atoms with Crippen molar-refractivity contribution in [2.45, 2.75) is 13.8 Å². The van der Waals surface area contributed by atoms with E-state index in [-0.39, 0.29) is 17.6 Å². The van der Waals surface area contributed by atoms with Gasteiger partial charge in [0.2, 0.25) is 5.91 Å². The number of hydrogen-bond acceptors (Lipinski definition) is 5. The maximum Gasteiger partial charge on any atom is 0.226 e. The lowest BCUT2D eigenvalue weighted by atomic mass is 10.0. The van der Waals surface area contributed by atoms with Crippen LogP contribution in [0.4, 0.5) is 10.1 Å². The van der Waals surface area contributed by atoms with Crippen LogP contribution in [-0.2, 0) is 4.79 Å². The van der Waals surface area contributed by atoms with Crippen molar-refractivity contribution in [3.8, 4) is 33.6 Å². The highest BCUT2D eigenvalue weighted by molar-refractivity contribution is 6.00. The summed E-state index contributed by atoms with van der Waals surface area (Å²) in [6.07, 6.45) is 6.82. The number of pyridine rings is 3. The number of aromatic nitrogens is 6. The second kappa shape index (κ2) is 8.94. The van der Waals surface area contributed by atoms with Crippen molar-refractivity contribution in [2.75, 3.05) is 5.32 Å². The van der Waals surface area contributed by atoms with E-state index in [1.165, 1.54) is 12.1 Å². The van der Waals surface area contributed by atoms with E-state index >= 15 is 0 Å². The molecule has 182 valence electrons. The van der Waals surface area contributed by atoms with Crippen molar-refractivity contribution in [1.82, 2.24) is 30.1 Å². The second-order valence-electron chi connectivity index (χ2n) is 9.11. The predicted octanol–water partition coefficient (Wildman–Crippen LogP) is 5.96. The van der Waals surface area contributed by atoms with E-state index in [4.69, 9.17) is 0 Å². The summed E-state index contributed by atoms with van der Waals surface area (Å²) in [7, 11) is 0. The summed E-state index contributed by atoms with van der Waals surface area (Å²) in [5.74, 6) is -0.486. The van der Waals surface area contributed by atoms with Crippen LogP contribution in [0, 0.1) is 11.7 Å². The summed E-state index contributed by atoms with van der Waals surface area (Å²) in [6.45, 7) is 3.68. The molecule has 0 saturated heterocycles. The Bertz CT molecular complexity index is 1770. The van der Waals surface area contributed by atoms with Crippen LogP contribution < -0.4 is 5.32 Å². The van der Waals surface area contributed by atoms with Crippen LogP contribution in [-0.4, -0.2) is 36.0 Å². The molecule has 0 bridgehead atoms. The zero-order chi connectivity index (χ0) is 25.5. The third-order valence-electron chi connectivity index (χ3n) is 6.22. The quantitative estimate of drug-likeness (QED) is 0.275. The SMILES string of the molecule is CC(C)C(=O)Nc1cncc(-c2cnc3[nH]nc(-c4cc5c(-c6ccc(F)cc6)ccnc5[nH]4)c3c2)c1. The van der Waals surface area contributed by atoms with Gasteiger partial charge in [-0.2, -0.15) is 5.10 Å². The van der Waals surface area contributed by atoms with E-state index < -0.39 is 0 Å². The van der Waals surface area contributed by atoms with Gasteiger partial charge in [0.15, 0.2) is 5.65 Å². The molecule has 0 atom stereocenters. The number of nitrogens with one attached hydrogen (secondary N) is 3. The molecule has 8 nitrogen and oxygen atoms in total. The maximum atomic E-state index is 13.5. The molecular weight excluding hydrogens is 469 g/mol. The molecule has 6 aromatic rings. The molecule has 0 radical (unpaired) electrons. The van der Waals surface area contributed by atoms with Gasteiger partial charge in [0.05, 0.1) is 17.6 Å². The van der Waals surface area contributed by atoms with Crippen molar-refractivity contribution < 1.29 is 9.18 Å². The highest BCUT2D eigenvalue weighted by atomic mass is 19.1. The molecule has 0 fully saturated rings. The molecule has 0 spiro atoms. The molecule has 5 aromatic heterocycles. The largest absolute Gasteiger partial charge is 0.338 e. The third-order valence-corrected chi connectivity index (χ3v) is 6.22. The molecule has 0 unspecified atom stereocenters. The van der Waals surface area contributed by atoms with Gasteiger partial charge in [-0.3, -0.25) is 14.9 Å². The van der Waals surface area contributed by atoms with Gasteiger partial charge in [0.1, 0.15) is 17.2 Å². The van der Waals surface area contributed by atoms with Crippen LogP contribution in [0.25, 0.3) is 55.7 Å². The molecule has 37 heavy (non-hydrogen) atoms. The van der Waals surface area contributed by atoms with Crippen molar-refractivity contribution in [2.24, 2.45) is 5.92 Å². The smallest absolute Gasteiger partial charge is 0.226 e. The Balaban J connectivity index is 1.41. The predicted molar refractivity (Wildman–Crippen MR) is 141 cm³/mol. The lowest BCUT2D eigenvalue weighted by molar-refractivity contribution is -0.118. The monoisotopic (exact) mass is 491 g/mol. The van der Waals surface area contributed by atoms with Gasteiger partial charge in [-0.05, 0) is 47.5 Å². The van der Waals surface area contributed by atoms with Crippen molar-refractivity contribution in [3.05, 3.63) is 79.1 Å². The Morgan fingerprint density at radius 3 is 2.51 bits per heavy atom. The lowest BCUT2D eigenvalue weighted by Crippen LogP contribution is -2.17. The minimum Gasteiger partial charge on any atom is -0.338 e. The Morgan fingerprint density at radius 2 is 1.70 bits per heavy atom. The molecule has 1 amide bonds. The number of halogens is 1. The standard InChI is InChI=1S/C28H22FN7O/c1-15(2)28(37)33-20-9-17(12-30-14-20)18-10-23-25(35-36-27(23)32-13-18)24-11-22-21(7-8-31-26(22)34-24)16-3-5-19(29)6-4-16/h3-15H,1-2H3,(H,31,34)(H,33,37)(H,32,35,36).